The van der Waals surface area contributed by atoms with Crippen LogP contribution in [0.4, 0.5) is 0 Å². The van der Waals surface area contributed by atoms with Crippen LogP contribution in [0.25, 0.3) is 0 Å². The Kier molecular flexibility index (Phi) is 5.68. The van der Waals surface area contributed by atoms with Gasteiger partial charge in [-0.2, -0.15) is 0 Å². The van der Waals surface area contributed by atoms with Crippen LogP contribution in [0.3, 0.4) is 0 Å². The molecule has 0 heterocycles. The van der Waals surface area contributed by atoms with E-state index in [9.17, 15) is 0 Å². The number of halogens is 1. The highest BCUT2D eigenvalue weighted by molar-refractivity contribution is 6.31. The van der Waals surface area contributed by atoms with E-state index in [-0.39, 0.29) is 5.41 Å². The van der Waals surface area contributed by atoms with E-state index in [2.05, 4.69) is 51.2 Å². The third-order valence-electron chi connectivity index (χ3n) is 3.82. The molecule has 0 fully saturated rings. The number of rotatable bonds is 6. The predicted octanol–water partition coefficient (Wildman–Crippen LogP) is 5.13. The quantitative estimate of drug-likeness (QED) is 0.754. The summed E-state index contributed by atoms with van der Waals surface area (Å²) in [4.78, 5) is 0. The van der Waals surface area contributed by atoms with E-state index >= 15 is 0 Å². The molecule has 1 unspecified atom stereocenters. The Hall–Kier alpha value is -0.530. The van der Waals surface area contributed by atoms with Gasteiger partial charge in [-0.25, -0.2) is 0 Å². The Balaban J connectivity index is 3.05. The fourth-order valence-electron chi connectivity index (χ4n) is 2.13. The molecule has 0 saturated heterocycles. The van der Waals surface area contributed by atoms with Gasteiger partial charge >= 0.3 is 0 Å². The van der Waals surface area contributed by atoms with Crippen molar-refractivity contribution < 1.29 is 0 Å². The molecule has 1 aromatic rings. The van der Waals surface area contributed by atoms with Gasteiger partial charge in [0.05, 0.1) is 0 Å². The molecular weight excluding hydrogens is 242 g/mol. The lowest BCUT2D eigenvalue weighted by Gasteiger charge is -2.35. The standard InChI is InChI=1S/C16H26ClN/c1-6-10-18-15(16(4,5)7-2)13-9-8-12(3)14(17)11-13/h8-9,11,15,18H,6-7,10H2,1-5H3. The first kappa shape index (κ1) is 15.5. The maximum absolute atomic E-state index is 6.26. The van der Waals surface area contributed by atoms with Crippen molar-refractivity contribution in [2.24, 2.45) is 5.41 Å². The number of hydrogen-bond acceptors (Lipinski definition) is 1. The molecule has 102 valence electrons. The number of benzene rings is 1. The monoisotopic (exact) mass is 267 g/mol. The molecule has 0 aromatic heterocycles. The van der Waals surface area contributed by atoms with Crippen LogP contribution in [0.15, 0.2) is 18.2 Å². The third kappa shape index (κ3) is 3.73. The maximum atomic E-state index is 6.26. The first-order chi connectivity index (χ1) is 8.42. The van der Waals surface area contributed by atoms with Crippen molar-refractivity contribution in [2.75, 3.05) is 6.54 Å². The molecule has 1 N–H and O–H groups in total. The molecule has 0 aliphatic rings. The first-order valence-corrected chi connectivity index (χ1v) is 7.29. The van der Waals surface area contributed by atoms with Gasteiger partial charge in [-0.15, -0.1) is 0 Å². The van der Waals surface area contributed by atoms with Gasteiger partial charge in [-0.1, -0.05) is 51.4 Å². The molecule has 0 spiro atoms. The fourth-order valence-corrected chi connectivity index (χ4v) is 2.32. The van der Waals surface area contributed by atoms with Gasteiger partial charge in [0.25, 0.3) is 0 Å². The minimum Gasteiger partial charge on any atom is -0.309 e. The SMILES string of the molecule is CCCNC(c1ccc(C)c(Cl)c1)C(C)(C)CC. The summed E-state index contributed by atoms with van der Waals surface area (Å²) in [5.74, 6) is 0. The van der Waals surface area contributed by atoms with Crippen molar-refractivity contribution in [3.8, 4) is 0 Å². The van der Waals surface area contributed by atoms with Crippen molar-refractivity contribution in [1.29, 1.82) is 0 Å². The summed E-state index contributed by atoms with van der Waals surface area (Å²) >= 11 is 6.26. The Morgan fingerprint density at radius 2 is 1.94 bits per heavy atom. The highest BCUT2D eigenvalue weighted by Gasteiger charge is 2.28. The van der Waals surface area contributed by atoms with E-state index in [4.69, 9.17) is 11.6 Å². The Morgan fingerprint density at radius 1 is 1.28 bits per heavy atom. The van der Waals surface area contributed by atoms with Crippen LogP contribution in [0.1, 0.15) is 57.7 Å². The maximum Gasteiger partial charge on any atom is 0.0438 e. The highest BCUT2D eigenvalue weighted by atomic mass is 35.5. The molecule has 0 amide bonds. The van der Waals surface area contributed by atoms with Gasteiger partial charge in [0.1, 0.15) is 0 Å². The zero-order valence-electron chi connectivity index (χ0n) is 12.3. The highest BCUT2D eigenvalue weighted by Crippen LogP contribution is 2.37. The normalized spacial score (nSPS) is 13.7. The average molecular weight is 268 g/mol. The van der Waals surface area contributed by atoms with E-state index in [1.54, 1.807) is 0 Å². The van der Waals surface area contributed by atoms with E-state index in [0.29, 0.717) is 6.04 Å². The van der Waals surface area contributed by atoms with E-state index in [1.807, 2.05) is 6.92 Å². The van der Waals surface area contributed by atoms with Gasteiger partial charge in [-0.05, 0) is 48.9 Å². The van der Waals surface area contributed by atoms with Gasteiger partial charge in [-0.3, -0.25) is 0 Å². The van der Waals surface area contributed by atoms with E-state index < -0.39 is 0 Å². The summed E-state index contributed by atoms with van der Waals surface area (Å²) in [5.41, 5.74) is 2.67. The second kappa shape index (κ2) is 6.58. The molecule has 0 aliphatic heterocycles. The molecule has 18 heavy (non-hydrogen) atoms. The van der Waals surface area contributed by atoms with E-state index in [1.165, 1.54) is 5.56 Å². The Bertz CT molecular complexity index is 385. The Morgan fingerprint density at radius 3 is 2.44 bits per heavy atom. The van der Waals surface area contributed by atoms with Crippen molar-refractivity contribution >= 4 is 11.6 Å². The molecule has 2 heteroatoms. The zero-order chi connectivity index (χ0) is 13.8. The topological polar surface area (TPSA) is 12.0 Å². The molecule has 0 saturated carbocycles. The number of nitrogens with one attached hydrogen (secondary N) is 1. The molecule has 0 aliphatic carbocycles. The largest absolute Gasteiger partial charge is 0.309 e. The lowest BCUT2D eigenvalue weighted by atomic mass is 9.78. The smallest absolute Gasteiger partial charge is 0.0438 e. The van der Waals surface area contributed by atoms with Crippen LogP contribution in [0.5, 0.6) is 0 Å². The van der Waals surface area contributed by atoms with Gasteiger partial charge in [0.2, 0.25) is 0 Å². The van der Waals surface area contributed by atoms with Gasteiger partial charge in [0.15, 0.2) is 0 Å². The minimum absolute atomic E-state index is 0.230. The molecule has 1 atom stereocenters. The van der Waals surface area contributed by atoms with Crippen molar-refractivity contribution in [3.05, 3.63) is 34.3 Å². The van der Waals surface area contributed by atoms with Gasteiger partial charge in [0, 0.05) is 11.1 Å². The van der Waals surface area contributed by atoms with E-state index in [0.717, 1.165) is 30.0 Å². The second-order valence-corrected chi connectivity index (χ2v) is 6.15. The van der Waals surface area contributed by atoms with Crippen LogP contribution < -0.4 is 5.32 Å². The molecular formula is C16H26ClN. The van der Waals surface area contributed by atoms with Crippen molar-refractivity contribution in [2.45, 2.75) is 53.5 Å². The fraction of sp³-hybridized carbons (Fsp3) is 0.625. The average Bonchev–Trinajstić information content (AvgIpc) is 2.34. The molecule has 1 aromatic carbocycles. The number of aryl methyl sites for hydroxylation is 1. The molecule has 0 bridgehead atoms. The summed E-state index contributed by atoms with van der Waals surface area (Å²) in [6.45, 7) is 12.2. The van der Waals surface area contributed by atoms with Gasteiger partial charge < -0.3 is 5.32 Å². The molecule has 1 nitrogen and oxygen atoms in total. The summed E-state index contributed by atoms with van der Waals surface area (Å²) < 4.78 is 0. The lowest BCUT2D eigenvalue weighted by Crippen LogP contribution is -2.34. The predicted molar refractivity (Wildman–Crippen MR) is 81.3 cm³/mol. The van der Waals surface area contributed by atoms with Crippen LogP contribution in [0.2, 0.25) is 5.02 Å². The molecule has 0 radical (unpaired) electrons. The van der Waals surface area contributed by atoms with Crippen LogP contribution in [-0.4, -0.2) is 6.54 Å². The Labute approximate surface area is 117 Å². The van der Waals surface area contributed by atoms with Crippen LogP contribution in [0, 0.1) is 12.3 Å². The van der Waals surface area contributed by atoms with Crippen molar-refractivity contribution in [1.82, 2.24) is 5.32 Å². The van der Waals surface area contributed by atoms with Crippen molar-refractivity contribution in [3.63, 3.8) is 0 Å². The summed E-state index contributed by atoms with van der Waals surface area (Å²) in [6, 6.07) is 6.79. The summed E-state index contributed by atoms with van der Waals surface area (Å²) in [6.07, 6.45) is 2.29. The zero-order valence-corrected chi connectivity index (χ0v) is 13.1. The summed E-state index contributed by atoms with van der Waals surface area (Å²) in [5, 5.41) is 4.53. The summed E-state index contributed by atoms with van der Waals surface area (Å²) in [7, 11) is 0. The number of hydrogen-bond donors (Lipinski definition) is 1. The second-order valence-electron chi connectivity index (χ2n) is 5.74. The molecule has 1 rings (SSSR count). The third-order valence-corrected chi connectivity index (χ3v) is 4.23. The van der Waals surface area contributed by atoms with Crippen LogP contribution in [-0.2, 0) is 0 Å². The first-order valence-electron chi connectivity index (χ1n) is 6.91. The minimum atomic E-state index is 0.230. The van der Waals surface area contributed by atoms with Crippen LogP contribution >= 0.6 is 11.6 Å². The lowest BCUT2D eigenvalue weighted by molar-refractivity contribution is 0.235.